The van der Waals surface area contributed by atoms with Gasteiger partial charge < -0.3 is 44.4 Å². The van der Waals surface area contributed by atoms with E-state index in [1.165, 1.54) is 19.1 Å². The van der Waals surface area contributed by atoms with Crippen molar-refractivity contribution in [1.29, 1.82) is 0 Å². The molecule has 0 aromatic rings. The van der Waals surface area contributed by atoms with Crippen LogP contribution in [0.3, 0.4) is 0 Å². The van der Waals surface area contributed by atoms with Crippen LogP contribution < -0.4 is 16.0 Å². The number of hydrogen-bond donors (Lipinski definition) is 3. The molecule has 0 bridgehead atoms. The van der Waals surface area contributed by atoms with Gasteiger partial charge in [0.15, 0.2) is 0 Å². The highest BCUT2D eigenvalue weighted by molar-refractivity contribution is 5.92. The molecule has 71 heavy (non-hydrogen) atoms. The Morgan fingerprint density at radius 3 is 1.00 bits per heavy atom. The molecule has 0 fully saturated rings. The molecule has 0 spiro atoms. The van der Waals surface area contributed by atoms with Crippen LogP contribution in [0.1, 0.15) is 110 Å². The lowest BCUT2D eigenvalue weighted by Gasteiger charge is -2.22. The molecule has 25 heteroatoms. The van der Waals surface area contributed by atoms with Crippen molar-refractivity contribution in [2.75, 3.05) is 92.0 Å². The van der Waals surface area contributed by atoms with Gasteiger partial charge in [-0.15, -0.1) is 0 Å². The number of ether oxygens (including phenoxy) is 6. The fourth-order valence-electron chi connectivity index (χ4n) is 5.98. The van der Waals surface area contributed by atoms with Crippen molar-refractivity contribution in [1.82, 2.24) is 30.7 Å². The third-order valence-electron chi connectivity index (χ3n) is 9.62. The number of unbranched alkanes of at least 4 members (excludes halogenated alkanes) is 12. The van der Waals surface area contributed by atoms with E-state index in [1.807, 2.05) is 0 Å². The molecule has 0 unspecified atom stereocenters. The number of imide groups is 3. The number of carbonyl (C=O) groups excluding carboxylic acids is 11. The Bertz CT molecular complexity index is 1750. The van der Waals surface area contributed by atoms with Crippen LogP contribution in [0.25, 0.3) is 0 Å². The molecule has 0 atom stereocenters. The van der Waals surface area contributed by atoms with Crippen molar-refractivity contribution in [3.05, 3.63) is 25.3 Å². The van der Waals surface area contributed by atoms with E-state index in [-0.39, 0.29) is 78.9 Å². The summed E-state index contributed by atoms with van der Waals surface area (Å²) in [5.74, 6) is -1.96. The van der Waals surface area contributed by atoms with Gasteiger partial charge in [0, 0.05) is 58.3 Å². The number of amides is 9. The minimum Gasteiger partial charge on any atom is -0.462 e. The van der Waals surface area contributed by atoms with Crippen LogP contribution in [-0.2, 0) is 52.4 Å². The zero-order chi connectivity index (χ0) is 52.7. The maximum atomic E-state index is 13.2. The third-order valence-corrected chi connectivity index (χ3v) is 9.62. The molecule has 25 nitrogen and oxygen atoms in total. The van der Waals surface area contributed by atoms with Crippen LogP contribution in [0.2, 0.25) is 0 Å². The second kappa shape index (κ2) is 44.1. The molecule has 0 aromatic heterocycles. The Kier molecular flexibility index (Phi) is 39.7. The second-order valence-corrected chi connectivity index (χ2v) is 15.2. The number of aliphatic imine (C=N–C) groups is 2. The van der Waals surface area contributed by atoms with Crippen LogP contribution >= 0.6 is 0 Å². The molecule has 0 aliphatic heterocycles. The highest BCUT2D eigenvalue weighted by Gasteiger charge is 2.25. The van der Waals surface area contributed by atoms with E-state index in [2.05, 4.69) is 39.1 Å². The molecule has 9 amide bonds. The molecule has 0 saturated heterocycles. The predicted molar refractivity (Wildman–Crippen MR) is 253 cm³/mol. The number of rotatable bonds is 39. The Labute approximate surface area is 414 Å². The summed E-state index contributed by atoms with van der Waals surface area (Å²) in [5.41, 5.74) is 0. The molecule has 3 N–H and O–H groups in total. The van der Waals surface area contributed by atoms with Crippen molar-refractivity contribution in [2.45, 2.75) is 110 Å². The fourth-order valence-corrected chi connectivity index (χ4v) is 5.98. The summed E-state index contributed by atoms with van der Waals surface area (Å²) in [6.07, 6.45) is 11.4. The zero-order valence-electron chi connectivity index (χ0n) is 41.0. The van der Waals surface area contributed by atoms with Crippen molar-refractivity contribution in [2.24, 2.45) is 9.98 Å². The average Bonchev–Trinajstić information content (AvgIpc) is 3.35. The van der Waals surface area contributed by atoms with Crippen molar-refractivity contribution < 1.29 is 81.2 Å². The number of carbonyl (C=O) groups is 9. The number of nitrogens with one attached hydrogen (secondary N) is 3. The number of hydrogen-bond acceptors (Lipinski definition) is 19. The van der Waals surface area contributed by atoms with Crippen LogP contribution in [0.5, 0.6) is 0 Å². The summed E-state index contributed by atoms with van der Waals surface area (Å²) in [7, 11) is 0. The van der Waals surface area contributed by atoms with Gasteiger partial charge in [-0.1, -0.05) is 64.5 Å². The predicted octanol–water partition coefficient (Wildman–Crippen LogP) is 5.37. The molecule has 0 heterocycles. The minimum absolute atomic E-state index is 0.0110. The van der Waals surface area contributed by atoms with E-state index in [9.17, 15) is 52.7 Å². The van der Waals surface area contributed by atoms with E-state index in [4.69, 9.17) is 28.4 Å². The summed E-state index contributed by atoms with van der Waals surface area (Å²) in [6.45, 7) is 7.69. The van der Waals surface area contributed by atoms with Crippen LogP contribution in [-0.4, -0.2) is 173 Å². The summed E-state index contributed by atoms with van der Waals surface area (Å²) in [6, 6.07) is -2.06. The molecular weight excluding hydrogens is 937 g/mol. The van der Waals surface area contributed by atoms with Crippen LogP contribution in [0.4, 0.5) is 28.8 Å². The van der Waals surface area contributed by atoms with Gasteiger partial charge in [-0.3, -0.25) is 4.79 Å². The highest BCUT2D eigenvalue weighted by Crippen LogP contribution is 2.09. The standard InChI is InChI=1S/C46H72N8O17/c1-4-39(58)67-31-34-70-45(64)53(41(60)49-24-16-7-6-14-22-47-36-55)28-20-12-10-18-26-51-43(62)54(46(65)71-35-32-68-40(59)5-2)29-21-13-9-17-25-50-42(61)52(27-19-11-8-15-23-48-37-56)44(63)69-33-30-66-38(3)57/h4-5H,1-2,6-35H2,3H3,(H,49,60)(H,50,61)(H,51,62). The molecule has 0 aromatic carbocycles. The Hall–Kier alpha value is -7.13. The van der Waals surface area contributed by atoms with E-state index in [0.29, 0.717) is 103 Å². The van der Waals surface area contributed by atoms with Gasteiger partial charge in [0.2, 0.25) is 12.2 Å². The van der Waals surface area contributed by atoms with Gasteiger partial charge >= 0.3 is 54.3 Å². The van der Waals surface area contributed by atoms with E-state index < -0.39 is 54.3 Å². The summed E-state index contributed by atoms with van der Waals surface area (Å²) in [5, 5.41) is 8.08. The number of isocyanates is 2. The lowest BCUT2D eigenvalue weighted by molar-refractivity contribution is -0.142. The molecule has 0 aliphatic carbocycles. The summed E-state index contributed by atoms with van der Waals surface area (Å²) >= 11 is 0. The molecule has 0 saturated carbocycles. The van der Waals surface area contributed by atoms with Crippen molar-refractivity contribution >= 4 is 66.4 Å². The largest absolute Gasteiger partial charge is 0.462 e. The number of esters is 3. The van der Waals surface area contributed by atoms with Crippen LogP contribution in [0.15, 0.2) is 35.3 Å². The molecule has 0 aliphatic rings. The molecule has 398 valence electrons. The fraction of sp³-hybridized carbons (Fsp3) is 0.674. The van der Waals surface area contributed by atoms with E-state index in [1.54, 1.807) is 0 Å². The van der Waals surface area contributed by atoms with Gasteiger partial charge in [-0.05, 0) is 51.4 Å². The molecular formula is C46H72N8O17. The number of nitrogens with zero attached hydrogens (tertiary/aromatic N) is 5. The number of urea groups is 3. The second-order valence-electron chi connectivity index (χ2n) is 15.2. The summed E-state index contributed by atoms with van der Waals surface area (Å²) in [4.78, 5) is 142. The smallest absolute Gasteiger partial charge is 0.418 e. The third kappa shape index (κ3) is 35.6. The van der Waals surface area contributed by atoms with Crippen molar-refractivity contribution in [3.8, 4) is 0 Å². The molecule has 0 rings (SSSR count). The van der Waals surface area contributed by atoms with Gasteiger partial charge in [-0.2, -0.15) is 0 Å². The van der Waals surface area contributed by atoms with E-state index >= 15 is 0 Å². The van der Waals surface area contributed by atoms with E-state index in [0.717, 1.165) is 39.7 Å². The first-order valence-corrected chi connectivity index (χ1v) is 23.8. The van der Waals surface area contributed by atoms with Gasteiger partial charge in [0.05, 0.1) is 13.1 Å². The lowest BCUT2D eigenvalue weighted by atomic mass is 10.2. The lowest BCUT2D eigenvalue weighted by Crippen LogP contribution is -2.45. The van der Waals surface area contributed by atoms with Gasteiger partial charge in [0.1, 0.15) is 39.6 Å². The zero-order valence-corrected chi connectivity index (χ0v) is 41.0. The normalized spacial score (nSPS) is 10.1. The monoisotopic (exact) mass is 1010 g/mol. The first kappa shape index (κ1) is 63.9. The topological polar surface area (TPSA) is 314 Å². The highest BCUT2D eigenvalue weighted by atomic mass is 16.6. The van der Waals surface area contributed by atoms with Gasteiger partial charge in [0.25, 0.3) is 0 Å². The Morgan fingerprint density at radius 2 is 0.704 bits per heavy atom. The van der Waals surface area contributed by atoms with Crippen LogP contribution in [0, 0.1) is 0 Å². The quantitative estimate of drug-likeness (QED) is 0.0174. The van der Waals surface area contributed by atoms with Gasteiger partial charge in [-0.25, -0.2) is 72.6 Å². The summed E-state index contributed by atoms with van der Waals surface area (Å²) < 4.78 is 29.8. The Balaban J connectivity index is 5.17. The first-order chi connectivity index (χ1) is 34.3. The minimum atomic E-state index is -0.966. The van der Waals surface area contributed by atoms with Crippen molar-refractivity contribution in [3.63, 3.8) is 0 Å². The Morgan fingerprint density at radius 1 is 0.423 bits per heavy atom. The average molecular weight is 1010 g/mol. The first-order valence-electron chi connectivity index (χ1n) is 23.8. The maximum absolute atomic E-state index is 13.2. The maximum Gasteiger partial charge on any atom is 0.418 e. The molecule has 0 radical (unpaired) electrons. The SMILES string of the molecule is C=CC(=O)OCCOC(=O)N(CCCCCCNC(=O)N(CCCCCCN=C=O)C(=O)OCCOC(C)=O)C(=O)NCCCCCCN(C(=O)NCCCCCCN=C=O)C(=O)OCCOC(=O)C=C.